The maximum Gasteiger partial charge on any atom is 0.490 e. The van der Waals surface area contributed by atoms with Crippen molar-refractivity contribution >= 4 is 23.5 Å². The highest BCUT2D eigenvalue weighted by Gasteiger charge is 2.38. The van der Waals surface area contributed by atoms with Gasteiger partial charge in [-0.1, -0.05) is 44.2 Å². The molecule has 0 fully saturated rings. The van der Waals surface area contributed by atoms with Gasteiger partial charge in [0.1, 0.15) is 11.4 Å². The van der Waals surface area contributed by atoms with Crippen LogP contribution >= 0.6 is 0 Å². The summed E-state index contributed by atoms with van der Waals surface area (Å²) in [6.45, 7) is 13.4. The molecular formula is C36H48F3N5O7. The van der Waals surface area contributed by atoms with Crippen LogP contribution in [-0.4, -0.2) is 94.4 Å². The van der Waals surface area contributed by atoms with Crippen LogP contribution in [-0.2, 0) is 32.0 Å². The molecule has 0 aliphatic carbocycles. The third-order valence-corrected chi connectivity index (χ3v) is 8.34. The van der Waals surface area contributed by atoms with E-state index in [1.165, 1.54) is 5.56 Å². The molecule has 51 heavy (non-hydrogen) atoms. The molecule has 0 unspecified atom stereocenters. The van der Waals surface area contributed by atoms with Gasteiger partial charge in [-0.05, 0) is 68.8 Å². The largest absolute Gasteiger partial charge is 0.506 e. The van der Waals surface area contributed by atoms with Crippen molar-refractivity contribution < 1.29 is 47.2 Å². The molecule has 1 atom stereocenters. The number of benzene rings is 2. The molecule has 2 amide bonds. The van der Waals surface area contributed by atoms with Gasteiger partial charge in [0.05, 0.1) is 25.8 Å². The van der Waals surface area contributed by atoms with Crippen molar-refractivity contribution in [1.29, 1.82) is 0 Å². The van der Waals surface area contributed by atoms with Crippen LogP contribution in [0, 0.1) is 5.92 Å². The van der Waals surface area contributed by atoms with Gasteiger partial charge in [-0.25, -0.2) is 4.79 Å². The van der Waals surface area contributed by atoms with E-state index in [-0.39, 0.29) is 30.2 Å². The number of aliphatic carboxylic acids is 1. The van der Waals surface area contributed by atoms with Crippen LogP contribution in [0.25, 0.3) is 11.1 Å². The molecule has 1 aliphatic rings. The Morgan fingerprint density at radius 3 is 2.45 bits per heavy atom. The number of rotatable bonds is 16. The molecule has 12 nitrogen and oxygen atoms in total. The first kappa shape index (κ1) is 40.8. The number of hydrogen-bond acceptors (Lipinski definition) is 8. The quantitative estimate of drug-likeness (QED) is 0.112. The third kappa shape index (κ3) is 12.6. The first-order chi connectivity index (χ1) is 24.1. The van der Waals surface area contributed by atoms with Crippen LogP contribution in [0.15, 0.2) is 48.8 Å². The topological polar surface area (TPSA) is 155 Å². The number of carboxylic acids is 1. The molecule has 0 bridgehead atoms. The van der Waals surface area contributed by atoms with Gasteiger partial charge in [0, 0.05) is 36.9 Å². The summed E-state index contributed by atoms with van der Waals surface area (Å²) in [5.41, 5.74) is 4.66. The minimum Gasteiger partial charge on any atom is -0.506 e. The number of fused-ring (bicyclic) bond motifs is 1. The highest BCUT2D eigenvalue weighted by molar-refractivity contribution is 5.97. The Morgan fingerprint density at radius 2 is 1.80 bits per heavy atom. The number of ether oxygens (including phenoxy) is 2. The lowest BCUT2D eigenvalue weighted by Crippen LogP contribution is -2.45. The van der Waals surface area contributed by atoms with Gasteiger partial charge in [0.15, 0.2) is 12.4 Å². The van der Waals surface area contributed by atoms with Crippen LogP contribution in [0.2, 0.25) is 0 Å². The molecule has 2 aromatic carbocycles. The van der Waals surface area contributed by atoms with Crippen molar-refractivity contribution in [3.05, 3.63) is 59.9 Å². The van der Waals surface area contributed by atoms with Crippen LogP contribution in [0.1, 0.15) is 58.2 Å². The van der Waals surface area contributed by atoms with E-state index in [2.05, 4.69) is 80.8 Å². The van der Waals surface area contributed by atoms with E-state index in [1.807, 2.05) is 21.8 Å². The van der Waals surface area contributed by atoms with Crippen molar-refractivity contribution in [2.45, 2.75) is 72.1 Å². The highest BCUT2D eigenvalue weighted by Crippen LogP contribution is 2.39. The Morgan fingerprint density at radius 1 is 1.08 bits per heavy atom. The van der Waals surface area contributed by atoms with E-state index in [4.69, 9.17) is 19.4 Å². The normalized spacial score (nSPS) is 13.2. The average Bonchev–Trinajstić information content (AvgIpc) is 3.58. The number of nitrogens with one attached hydrogen (secondary N) is 2. The third-order valence-electron chi connectivity index (χ3n) is 8.34. The molecule has 280 valence electrons. The number of phenols is 1. The summed E-state index contributed by atoms with van der Waals surface area (Å²) in [6, 6.07) is 12.2. The van der Waals surface area contributed by atoms with Gasteiger partial charge < -0.3 is 35.2 Å². The fourth-order valence-corrected chi connectivity index (χ4v) is 5.15. The van der Waals surface area contributed by atoms with Crippen LogP contribution in [0.3, 0.4) is 0 Å². The summed E-state index contributed by atoms with van der Waals surface area (Å²) < 4.78 is 45.2. The number of alkyl halides is 3. The zero-order valence-corrected chi connectivity index (χ0v) is 29.6. The van der Waals surface area contributed by atoms with Crippen molar-refractivity contribution in [3.8, 4) is 22.6 Å². The van der Waals surface area contributed by atoms with E-state index >= 15 is 0 Å². The highest BCUT2D eigenvalue weighted by atomic mass is 19.4. The lowest BCUT2D eigenvalue weighted by Gasteiger charge is -2.32. The molecule has 15 heteroatoms. The van der Waals surface area contributed by atoms with Crippen molar-refractivity contribution in [2.75, 3.05) is 44.8 Å². The molecule has 4 N–H and O–H groups in total. The molecule has 0 saturated carbocycles. The Kier molecular flexibility index (Phi) is 15.3. The predicted molar refractivity (Wildman–Crippen MR) is 186 cm³/mol. The van der Waals surface area contributed by atoms with Gasteiger partial charge in [0.25, 0.3) is 5.91 Å². The van der Waals surface area contributed by atoms with Crippen LogP contribution in [0.5, 0.6) is 11.5 Å². The second kappa shape index (κ2) is 19.1. The predicted octanol–water partition coefficient (Wildman–Crippen LogP) is 5.46. The van der Waals surface area contributed by atoms with Gasteiger partial charge in [0.2, 0.25) is 5.91 Å². The molecule has 0 saturated heterocycles. The van der Waals surface area contributed by atoms with Crippen molar-refractivity contribution in [3.63, 3.8) is 0 Å². The Hall–Kier alpha value is -4.63. The first-order valence-corrected chi connectivity index (χ1v) is 16.9. The second-order valence-electron chi connectivity index (χ2n) is 12.8. The monoisotopic (exact) mass is 719 g/mol. The molecule has 0 radical (unpaired) electrons. The average molecular weight is 720 g/mol. The summed E-state index contributed by atoms with van der Waals surface area (Å²) in [5.74, 6) is -2.11. The fourth-order valence-electron chi connectivity index (χ4n) is 5.15. The lowest BCUT2D eigenvalue weighted by molar-refractivity contribution is -0.192. The number of phenolic OH excluding ortho intramolecular Hbond substituents is 1. The second-order valence-corrected chi connectivity index (χ2v) is 12.8. The Bertz CT molecular complexity index is 1610. The SMILES string of the molecule is CC(C)[C@@H](C)N(CCNCCc1ccc(O)c2c1OCC(=O)N2)C(=O)CCOCCc1cccc(-c2cnn(C(C)C)c2)c1.O=C(O)C(F)(F)F. The Labute approximate surface area is 295 Å². The minimum absolute atomic E-state index is 0.00860. The molecule has 1 aliphatic heterocycles. The molecule has 0 spiro atoms. The van der Waals surface area contributed by atoms with E-state index in [1.54, 1.807) is 6.07 Å². The maximum atomic E-state index is 13.2. The zero-order chi connectivity index (χ0) is 37.7. The first-order valence-electron chi connectivity index (χ1n) is 16.9. The summed E-state index contributed by atoms with van der Waals surface area (Å²) >= 11 is 0. The van der Waals surface area contributed by atoms with Gasteiger partial charge in [-0.3, -0.25) is 14.3 Å². The number of aromatic nitrogens is 2. The van der Waals surface area contributed by atoms with Crippen LogP contribution < -0.4 is 15.4 Å². The van der Waals surface area contributed by atoms with Crippen LogP contribution in [0.4, 0.5) is 18.9 Å². The molecule has 3 aromatic rings. The number of nitrogens with zero attached hydrogens (tertiary/aromatic N) is 3. The summed E-state index contributed by atoms with van der Waals surface area (Å²) in [5, 5.41) is 27.7. The standard InChI is InChI=1S/C34H47N5O5.C2HF3O2/c1-23(2)25(5)38(16-15-35-14-11-27-9-10-30(40)33-34(27)44-22-31(41)37-33)32(42)13-18-43-17-12-26-7-6-8-28(19-26)29-20-36-39(21-29)24(3)4;3-2(4,5)1(6)7/h6-10,19-21,23-25,35,40H,11-18,22H2,1-5H3,(H,37,41);(H,6,7)/t25-;/m1./s1. The smallest absolute Gasteiger partial charge is 0.490 e. The van der Waals surface area contributed by atoms with Gasteiger partial charge in [-0.2, -0.15) is 18.3 Å². The van der Waals surface area contributed by atoms with E-state index < -0.39 is 12.1 Å². The van der Waals surface area contributed by atoms with Crippen molar-refractivity contribution in [2.24, 2.45) is 5.92 Å². The number of aromatic hydroxyl groups is 1. The number of carbonyl (C=O) groups is 3. The Balaban J connectivity index is 0.000000908. The molecular weight excluding hydrogens is 671 g/mol. The molecule has 4 rings (SSSR count). The zero-order valence-electron chi connectivity index (χ0n) is 29.6. The van der Waals surface area contributed by atoms with Gasteiger partial charge >= 0.3 is 12.1 Å². The van der Waals surface area contributed by atoms with E-state index in [0.29, 0.717) is 69.1 Å². The summed E-state index contributed by atoms with van der Waals surface area (Å²) in [6.07, 6.45) is 0.667. The minimum atomic E-state index is -5.08. The number of carboxylic acid groups (broad SMARTS) is 1. The van der Waals surface area contributed by atoms with E-state index in [9.17, 15) is 27.9 Å². The number of carbonyl (C=O) groups excluding carboxylic acids is 2. The summed E-state index contributed by atoms with van der Waals surface area (Å²) in [4.78, 5) is 35.7. The summed E-state index contributed by atoms with van der Waals surface area (Å²) in [7, 11) is 0. The van der Waals surface area contributed by atoms with Crippen molar-refractivity contribution in [1.82, 2.24) is 20.0 Å². The fraction of sp³-hybridized carbons (Fsp3) is 0.500. The van der Waals surface area contributed by atoms with Gasteiger partial charge in [-0.15, -0.1) is 0 Å². The number of anilines is 1. The number of amides is 2. The molecule has 2 heterocycles. The number of hydrogen-bond donors (Lipinski definition) is 4. The lowest BCUT2D eigenvalue weighted by atomic mass is 10.0. The van der Waals surface area contributed by atoms with E-state index in [0.717, 1.165) is 23.1 Å². The maximum absolute atomic E-state index is 13.2. The molecule has 1 aromatic heterocycles. The number of halogens is 3.